The van der Waals surface area contributed by atoms with Crippen molar-refractivity contribution >= 4 is 21.5 Å². The van der Waals surface area contributed by atoms with E-state index in [1.165, 1.54) is 49.7 Å². The third kappa shape index (κ3) is 3.69. The molecule has 0 spiro atoms. The number of hydrogen-bond acceptors (Lipinski definition) is 0. The van der Waals surface area contributed by atoms with Crippen molar-refractivity contribution in [3.05, 3.63) is 52.5 Å². The highest BCUT2D eigenvalue weighted by atomic mass is 79.9. The summed E-state index contributed by atoms with van der Waals surface area (Å²) in [6.07, 6.45) is 15.7. The lowest BCUT2D eigenvalue weighted by Crippen LogP contribution is -2.21. The fourth-order valence-corrected chi connectivity index (χ4v) is 4.13. The van der Waals surface area contributed by atoms with Gasteiger partial charge >= 0.3 is 0 Å². The molecule has 1 saturated carbocycles. The maximum atomic E-state index is 3.50. The van der Waals surface area contributed by atoms with Crippen LogP contribution in [0.15, 0.2) is 47.0 Å². The summed E-state index contributed by atoms with van der Waals surface area (Å²) in [5.74, 6) is 2.71. The van der Waals surface area contributed by atoms with Gasteiger partial charge in [-0.15, -0.1) is 0 Å². The Hall–Kier alpha value is -0.820. The van der Waals surface area contributed by atoms with Crippen molar-refractivity contribution in [3.63, 3.8) is 0 Å². The zero-order valence-electron chi connectivity index (χ0n) is 12.9. The molecular weight excluding hydrogens is 320 g/mol. The van der Waals surface area contributed by atoms with Crippen LogP contribution in [0, 0.1) is 17.8 Å². The molecule has 0 saturated heterocycles. The zero-order valence-corrected chi connectivity index (χ0v) is 14.5. The molecule has 1 aromatic rings. The van der Waals surface area contributed by atoms with Crippen LogP contribution in [0.3, 0.4) is 0 Å². The van der Waals surface area contributed by atoms with Gasteiger partial charge in [-0.1, -0.05) is 72.5 Å². The largest absolute Gasteiger partial charge is 0.0802 e. The Morgan fingerprint density at radius 1 is 1.05 bits per heavy atom. The van der Waals surface area contributed by atoms with Crippen molar-refractivity contribution in [2.45, 2.75) is 45.4 Å². The summed E-state index contributed by atoms with van der Waals surface area (Å²) < 4.78 is 1.15. The molecule has 1 aromatic carbocycles. The van der Waals surface area contributed by atoms with Crippen LogP contribution in [0.25, 0.3) is 5.57 Å². The molecule has 3 rings (SSSR count). The normalized spacial score (nSPS) is 29.2. The maximum absolute atomic E-state index is 3.50. The number of benzene rings is 1. The minimum atomic E-state index is 0.780. The first-order valence-electron chi connectivity index (χ1n) is 8.40. The van der Waals surface area contributed by atoms with E-state index in [0.29, 0.717) is 0 Å². The number of allylic oxidation sites excluding steroid dienone is 4. The van der Waals surface area contributed by atoms with Crippen LogP contribution in [0.2, 0.25) is 0 Å². The van der Waals surface area contributed by atoms with Crippen LogP contribution < -0.4 is 0 Å². The van der Waals surface area contributed by atoms with Crippen LogP contribution in [-0.2, 0) is 0 Å². The highest BCUT2D eigenvalue weighted by Gasteiger charge is 2.26. The molecule has 0 heterocycles. The third-order valence-corrected chi connectivity index (χ3v) is 5.91. The van der Waals surface area contributed by atoms with Crippen LogP contribution in [0.4, 0.5) is 0 Å². The molecule has 0 aromatic heterocycles. The van der Waals surface area contributed by atoms with Gasteiger partial charge in [0.1, 0.15) is 0 Å². The summed E-state index contributed by atoms with van der Waals surface area (Å²) in [5, 5.41) is 0. The van der Waals surface area contributed by atoms with Gasteiger partial charge in [-0.25, -0.2) is 0 Å². The highest BCUT2D eigenvalue weighted by molar-refractivity contribution is 9.10. The molecule has 0 bridgehead atoms. The van der Waals surface area contributed by atoms with Crippen LogP contribution >= 0.6 is 15.9 Å². The molecule has 1 fully saturated rings. The lowest BCUT2D eigenvalue weighted by atomic mass is 9.73. The van der Waals surface area contributed by atoms with E-state index in [1.54, 1.807) is 0 Å². The highest BCUT2D eigenvalue weighted by Crippen LogP contribution is 2.39. The van der Waals surface area contributed by atoms with Gasteiger partial charge in [0.05, 0.1) is 0 Å². The molecule has 112 valence electrons. The maximum Gasteiger partial charge on any atom is 0.0175 e. The number of hydrogen-bond donors (Lipinski definition) is 0. The molecule has 2 aliphatic carbocycles. The molecule has 0 amide bonds. The second-order valence-electron chi connectivity index (χ2n) is 6.61. The van der Waals surface area contributed by atoms with Gasteiger partial charge in [0.25, 0.3) is 0 Å². The summed E-state index contributed by atoms with van der Waals surface area (Å²) in [6, 6.07) is 8.66. The first-order valence-corrected chi connectivity index (χ1v) is 9.20. The van der Waals surface area contributed by atoms with Crippen molar-refractivity contribution in [2.75, 3.05) is 0 Å². The van der Waals surface area contributed by atoms with Gasteiger partial charge in [-0.2, -0.15) is 0 Å². The monoisotopic (exact) mass is 344 g/mol. The van der Waals surface area contributed by atoms with Gasteiger partial charge < -0.3 is 0 Å². The molecule has 0 aliphatic heterocycles. The van der Waals surface area contributed by atoms with Crippen molar-refractivity contribution in [1.29, 1.82) is 0 Å². The summed E-state index contributed by atoms with van der Waals surface area (Å²) in [5.41, 5.74) is 2.73. The average molecular weight is 345 g/mol. The molecule has 0 nitrogen and oxygen atoms in total. The SMILES string of the molecule is CCC1CCC(C2C=CC(c3ccc(Br)cc3)=CC2)CC1. The van der Waals surface area contributed by atoms with Crippen LogP contribution in [-0.4, -0.2) is 0 Å². The van der Waals surface area contributed by atoms with Crippen molar-refractivity contribution in [1.82, 2.24) is 0 Å². The van der Waals surface area contributed by atoms with E-state index in [0.717, 1.165) is 22.2 Å². The average Bonchev–Trinajstić information content (AvgIpc) is 2.56. The molecule has 21 heavy (non-hydrogen) atoms. The Morgan fingerprint density at radius 2 is 1.76 bits per heavy atom. The minimum Gasteiger partial charge on any atom is -0.0802 e. The second-order valence-corrected chi connectivity index (χ2v) is 7.53. The Kier molecular flexibility index (Phi) is 5.00. The van der Waals surface area contributed by atoms with Gasteiger partial charge in [0.2, 0.25) is 0 Å². The van der Waals surface area contributed by atoms with Crippen LogP contribution in [0.1, 0.15) is 51.0 Å². The first kappa shape index (κ1) is 15.1. The smallest absolute Gasteiger partial charge is 0.0175 e. The van der Waals surface area contributed by atoms with E-state index < -0.39 is 0 Å². The lowest BCUT2D eigenvalue weighted by molar-refractivity contribution is 0.226. The summed E-state index contributed by atoms with van der Waals surface area (Å²) >= 11 is 3.50. The van der Waals surface area contributed by atoms with E-state index in [2.05, 4.69) is 65.3 Å². The fourth-order valence-electron chi connectivity index (χ4n) is 3.87. The van der Waals surface area contributed by atoms with E-state index in [1.807, 2.05) is 0 Å². The molecule has 1 atom stereocenters. The molecule has 1 heteroatoms. The fraction of sp³-hybridized carbons (Fsp3) is 0.500. The first-order chi connectivity index (χ1) is 10.3. The van der Waals surface area contributed by atoms with Gasteiger partial charge in [0.15, 0.2) is 0 Å². The number of halogens is 1. The summed E-state index contributed by atoms with van der Waals surface area (Å²) in [4.78, 5) is 0. The summed E-state index contributed by atoms with van der Waals surface area (Å²) in [7, 11) is 0. The predicted octanol–water partition coefficient (Wildman–Crippen LogP) is 6.63. The zero-order chi connectivity index (χ0) is 14.7. The Morgan fingerprint density at radius 3 is 2.33 bits per heavy atom. The molecule has 0 radical (unpaired) electrons. The summed E-state index contributed by atoms with van der Waals surface area (Å²) in [6.45, 7) is 2.35. The van der Waals surface area contributed by atoms with Gasteiger partial charge in [-0.05, 0) is 60.3 Å². The van der Waals surface area contributed by atoms with E-state index in [-0.39, 0.29) is 0 Å². The molecule has 0 N–H and O–H groups in total. The lowest BCUT2D eigenvalue weighted by Gasteiger charge is -2.33. The Bertz CT molecular complexity index is 515. The number of rotatable bonds is 3. The minimum absolute atomic E-state index is 0.780. The van der Waals surface area contributed by atoms with Gasteiger partial charge in [-0.3, -0.25) is 0 Å². The molecule has 1 unspecified atom stereocenters. The Balaban J connectivity index is 1.60. The standard InChI is InChI=1S/C20H25Br/c1-2-15-3-5-16(6-4-15)17-7-9-18(10-8-17)19-11-13-20(21)14-12-19/h7,9-17H,2-6,8H2,1H3. The van der Waals surface area contributed by atoms with E-state index in [9.17, 15) is 0 Å². The van der Waals surface area contributed by atoms with E-state index in [4.69, 9.17) is 0 Å². The topological polar surface area (TPSA) is 0 Å². The molecule has 2 aliphatic rings. The van der Waals surface area contributed by atoms with Crippen molar-refractivity contribution < 1.29 is 0 Å². The third-order valence-electron chi connectivity index (χ3n) is 5.38. The van der Waals surface area contributed by atoms with Gasteiger partial charge in [0, 0.05) is 4.47 Å². The quantitative estimate of drug-likeness (QED) is 0.577. The molecular formula is C20H25Br. The predicted molar refractivity (Wildman–Crippen MR) is 95.1 cm³/mol. The second kappa shape index (κ2) is 6.96. The van der Waals surface area contributed by atoms with Crippen LogP contribution in [0.5, 0.6) is 0 Å². The Labute approximate surface area is 137 Å². The van der Waals surface area contributed by atoms with Crippen molar-refractivity contribution in [3.8, 4) is 0 Å². The van der Waals surface area contributed by atoms with E-state index >= 15 is 0 Å². The van der Waals surface area contributed by atoms with Crippen molar-refractivity contribution in [2.24, 2.45) is 17.8 Å².